The molecule has 2 aliphatic rings. The Balaban J connectivity index is 0.000000286. The van der Waals surface area contributed by atoms with Crippen LogP contribution in [0.25, 0.3) is 0 Å². The van der Waals surface area contributed by atoms with Gasteiger partial charge in [0.05, 0.1) is 5.56 Å². The molecule has 0 unspecified atom stereocenters. The van der Waals surface area contributed by atoms with Crippen LogP contribution < -0.4 is 0 Å². The normalized spacial score (nSPS) is 16.7. The molecular formula is C22H23F6N3O5S. The van der Waals surface area contributed by atoms with Crippen LogP contribution in [0.15, 0.2) is 36.7 Å². The third-order valence-corrected chi connectivity index (χ3v) is 6.40. The molecule has 4 heterocycles. The van der Waals surface area contributed by atoms with Crippen LogP contribution in [0.3, 0.4) is 0 Å². The van der Waals surface area contributed by atoms with Crippen molar-refractivity contribution in [1.82, 2.24) is 14.8 Å². The third-order valence-electron chi connectivity index (χ3n) is 5.41. The standard InChI is InChI=1S/C18H21N3OS.2C2HF3O2/c1-14-4-5-16(23-14)10-20-11-18(12-20)6-8-21(13-18)17(22)15-3-2-7-19-9-15;2*3-2(4,5)1(6)7/h2-5,7,9H,6,8,10-13H2,1H3;2*(H,6,7). The number of hydrogen-bond acceptors (Lipinski definition) is 6. The first-order valence-corrected chi connectivity index (χ1v) is 11.4. The lowest BCUT2D eigenvalue weighted by Crippen LogP contribution is -2.57. The van der Waals surface area contributed by atoms with Crippen LogP contribution in [0.1, 0.15) is 26.5 Å². The summed E-state index contributed by atoms with van der Waals surface area (Å²) in [5, 5.41) is 14.2. The van der Waals surface area contributed by atoms with Gasteiger partial charge in [-0.1, -0.05) is 0 Å². The second-order valence-electron chi connectivity index (χ2n) is 8.48. The average Bonchev–Trinajstić information content (AvgIpc) is 3.40. The summed E-state index contributed by atoms with van der Waals surface area (Å²) in [5.74, 6) is -5.39. The molecule has 0 saturated carbocycles. The number of nitrogens with zero attached hydrogens (tertiary/aromatic N) is 3. The predicted octanol–water partition coefficient (Wildman–Crippen LogP) is 4.07. The van der Waals surface area contributed by atoms with E-state index in [0.29, 0.717) is 11.0 Å². The Bertz CT molecular complexity index is 1060. The molecule has 15 heteroatoms. The molecule has 1 spiro atoms. The number of carbonyl (C=O) groups excluding carboxylic acids is 1. The topological polar surface area (TPSA) is 111 Å². The molecule has 0 bridgehead atoms. The molecule has 2 aromatic heterocycles. The SMILES string of the molecule is Cc1ccc(CN2CC3(CCN(C(=O)c4cccnc4)C3)C2)s1.O=C(O)C(F)(F)F.O=C(O)C(F)(F)F. The summed E-state index contributed by atoms with van der Waals surface area (Å²) in [6, 6.07) is 8.11. The van der Waals surface area contributed by atoms with Crippen molar-refractivity contribution in [2.45, 2.75) is 32.2 Å². The number of aliphatic carboxylic acids is 2. The zero-order valence-electron chi connectivity index (χ0n) is 19.3. The van der Waals surface area contributed by atoms with Crippen LogP contribution in [0.5, 0.6) is 0 Å². The Kier molecular flexibility index (Phi) is 9.66. The number of alkyl halides is 6. The highest BCUT2D eigenvalue weighted by Gasteiger charge is 2.48. The highest BCUT2D eigenvalue weighted by molar-refractivity contribution is 7.11. The summed E-state index contributed by atoms with van der Waals surface area (Å²) in [4.78, 5) is 41.7. The van der Waals surface area contributed by atoms with E-state index >= 15 is 0 Å². The molecule has 4 rings (SSSR count). The van der Waals surface area contributed by atoms with E-state index in [1.165, 1.54) is 9.75 Å². The van der Waals surface area contributed by atoms with Gasteiger partial charge < -0.3 is 15.1 Å². The smallest absolute Gasteiger partial charge is 0.475 e. The first-order valence-electron chi connectivity index (χ1n) is 10.6. The summed E-state index contributed by atoms with van der Waals surface area (Å²) >= 11 is 1.89. The number of rotatable bonds is 3. The number of aromatic nitrogens is 1. The zero-order chi connectivity index (χ0) is 28.0. The van der Waals surface area contributed by atoms with Gasteiger partial charge in [0.25, 0.3) is 5.91 Å². The van der Waals surface area contributed by atoms with E-state index in [0.717, 1.165) is 39.1 Å². The van der Waals surface area contributed by atoms with Gasteiger partial charge in [0.15, 0.2) is 0 Å². The van der Waals surface area contributed by atoms with E-state index in [1.54, 1.807) is 12.4 Å². The fourth-order valence-electron chi connectivity index (χ4n) is 3.84. The van der Waals surface area contributed by atoms with Crippen molar-refractivity contribution in [2.24, 2.45) is 5.41 Å². The molecule has 1 amide bonds. The van der Waals surface area contributed by atoms with Gasteiger partial charge in [0, 0.05) is 60.3 Å². The Morgan fingerprint density at radius 3 is 2.00 bits per heavy atom. The van der Waals surface area contributed by atoms with Crippen molar-refractivity contribution in [3.8, 4) is 0 Å². The monoisotopic (exact) mass is 555 g/mol. The molecule has 0 aliphatic carbocycles. The quantitative estimate of drug-likeness (QED) is 0.550. The molecular weight excluding hydrogens is 532 g/mol. The summed E-state index contributed by atoms with van der Waals surface area (Å²) in [5.41, 5.74) is 1.03. The van der Waals surface area contributed by atoms with Crippen LogP contribution >= 0.6 is 11.3 Å². The van der Waals surface area contributed by atoms with Gasteiger partial charge in [-0.15, -0.1) is 11.3 Å². The van der Waals surface area contributed by atoms with Crippen molar-refractivity contribution in [1.29, 1.82) is 0 Å². The number of carbonyl (C=O) groups is 3. The highest BCUT2D eigenvalue weighted by Crippen LogP contribution is 2.41. The fourth-order valence-corrected chi connectivity index (χ4v) is 4.78. The largest absolute Gasteiger partial charge is 0.490 e. The number of thiophene rings is 1. The number of likely N-dealkylation sites (tertiary alicyclic amines) is 2. The minimum Gasteiger partial charge on any atom is -0.475 e. The van der Waals surface area contributed by atoms with E-state index in [2.05, 4.69) is 28.9 Å². The Morgan fingerprint density at radius 1 is 1.00 bits per heavy atom. The molecule has 2 fully saturated rings. The summed E-state index contributed by atoms with van der Waals surface area (Å²) < 4.78 is 63.5. The lowest BCUT2D eigenvalue weighted by Gasteiger charge is -2.48. The maximum absolute atomic E-state index is 12.5. The van der Waals surface area contributed by atoms with Crippen LogP contribution in [0.4, 0.5) is 26.3 Å². The molecule has 0 aromatic carbocycles. The molecule has 8 nitrogen and oxygen atoms in total. The van der Waals surface area contributed by atoms with Crippen molar-refractivity contribution < 1.29 is 50.9 Å². The van der Waals surface area contributed by atoms with Gasteiger partial charge in [-0.05, 0) is 37.6 Å². The van der Waals surface area contributed by atoms with Gasteiger partial charge in [-0.2, -0.15) is 26.3 Å². The summed E-state index contributed by atoms with van der Waals surface area (Å²) in [6.45, 7) is 7.20. The minimum atomic E-state index is -5.08. The first kappa shape index (κ1) is 30.0. The number of carboxylic acid groups (broad SMARTS) is 2. The maximum Gasteiger partial charge on any atom is 0.490 e. The van der Waals surface area contributed by atoms with Crippen molar-refractivity contribution >= 4 is 29.2 Å². The number of hydrogen-bond donors (Lipinski definition) is 2. The van der Waals surface area contributed by atoms with Crippen molar-refractivity contribution in [3.63, 3.8) is 0 Å². The molecule has 0 radical (unpaired) electrons. The Morgan fingerprint density at radius 2 is 1.57 bits per heavy atom. The lowest BCUT2D eigenvalue weighted by molar-refractivity contribution is -0.193. The van der Waals surface area contributed by atoms with E-state index in [1.807, 2.05) is 28.4 Å². The number of pyridine rings is 1. The third kappa shape index (κ3) is 9.00. The molecule has 37 heavy (non-hydrogen) atoms. The molecule has 2 N–H and O–H groups in total. The summed E-state index contributed by atoms with van der Waals surface area (Å²) in [7, 11) is 0. The van der Waals surface area contributed by atoms with Crippen LogP contribution in [0, 0.1) is 12.3 Å². The number of amides is 1. The zero-order valence-corrected chi connectivity index (χ0v) is 20.2. The second-order valence-corrected chi connectivity index (χ2v) is 9.85. The molecule has 2 saturated heterocycles. The van der Waals surface area contributed by atoms with Gasteiger partial charge in [0.1, 0.15) is 0 Å². The Hall–Kier alpha value is -3.20. The first-order chi connectivity index (χ1) is 17.0. The molecule has 0 atom stereocenters. The number of carboxylic acids is 2. The fraction of sp³-hybridized carbons (Fsp3) is 0.455. The van der Waals surface area contributed by atoms with E-state index < -0.39 is 24.3 Å². The van der Waals surface area contributed by atoms with Gasteiger partial charge >= 0.3 is 24.3 Å². The average molecular weight is 555 g/mol. The van der Waals surface area contributed by atoms with E-state index in [9.17, 15) is 31.1 Å². The molecule has 204 valence electrons. The van der Waals surface area contributed by atoms with Crippen LogP contribution in [0.2, 0.25) is 0 Å². The second kappa shape index (κ2) is 11.9. The predicted molar refractivity (Wildman–Crippen MR) is 119 cm³/mol. The van der Waals surface area contributed by atoms with Crippen molar-refractivity contribution in [3.05, 3.63) is 52.0 Å². The van der Waals surface area contributed by atoms with Gasteiger partial charge in [0.2, 0.25) is 0 Å². The van der Waals surface area contributed by atoms with Crippen molar-refractivity contribution in [2.75, 3.05) is 26.2 Å². The number of halogens is 6. The minimum absolute atomic E-state index is 0.127. The van der Waals surface area contributed by atoms with E-state index in [4.69, 9.17) is 19.8 Å². The Labute approximate surface area is 211 Å². The van der Waals surface area contributed by atoms with Crippen LogP contribution in [-0.2, 0) is 16.1 Å². The van der Waals surface area contributed by atoms with E-state index in [-0.39, 0.29) is 5.91 Å². The lowest BCUT2D eigenvalue weighted by atomic mass is 9.79. The summed E-state index contributed by atoms with van der Waals surface area (Å²) in [6.07, 6.45) is -5.67. The van der Waals surface area contributed by atoms with Gasteiger partial charge in [-0.3, -0.25) is 14.7 Å². The van der Waals surface area contributed by atoms with Crippen LogP contribution in [-0.4, -0.2) is 81.4 Å². The molecule has 2 aromatic rings. The maximum atomic E-state index is 12.5. The number of aryl methyl sites for hydroxylation is 1. The molecule has 2 aliphatic heterocycles. The highest BCUT2D eigenvalue weighted by atomic mass is 32.1. The van der Waals surface area contributed by atoms with Gasteiger partial charge in [-0.25, -0.2) is 9.59 Å².